The molecule has 0 atom stereocenters. The number of hydrogen-bond donors (Lipinski definition) is 1. The minimum atomic E-state index is 0. The third-order valence-corrected chi connectivity index (χ3v) is 3.86. The predicted octanol–water partition coefficient (Wildman–Crippen LogP) is 4.60. The Balaban J connectivity index is 0.00000361. The lowest BCUT2D eigenvalue weighted by Gasteiger charge is -2.16. The highest BCUT2D eigenvalue weighted by atomic mass is 16.3. The minimum absolute atomic E-state index is 0. The number of unbranched alkanes of at least 4 members (excludes halogenated alkanes) is 3. The largest absolute Gasteiger partial charge is 0.508 e. The average Bonchev–Trinajstić information content (AvgIpc) is 2.42. The molecule has 1 aromatic carbocycles. The number of benzene rings is 1. The molecule has 1 rings (SSSR count). The van der Waals surface area contributed by atoms with Gasteiger partial charge in [0.1, 0.15) is 5.75 Å². The third kappa shape index (κ3) is 5.54. The van der Waals surface area contributed by atoms with Crippen molar-refractivity contribution >= 4 is 0 Å². The standard InChI is InChI=1S/C18H30O.H2O/c1-4-7-10-15-13-14-18(19)17(12-9-6-3)16(15)11-8-5-2;/h13-14,19H,4-12H2,1-3H3;1H2. The number of phenols is 1. The van der Waals surface area contributed by atoms with Gasteiger partial charge in [0, 0.05) is 0 Å². The Labute approximate surface area is 124 Å². The van der Waals surface area contributed by atoms with Crippen molar-refractivity contribution in [3.05, 3.63) is 28.8 Å². The smallest absolute Gasteiger partial charge is 0.119 e. The van der Waals surface area contributed by atoms with Crippen LogP contribution >= 0.6 is 0 Å². The van der Waals surface area contributed by atoms with Crippen LogP contribution in [0.3, 0.4) is 0 Å². The summed E-state index contributed by atoms with van der Waals surface area (Å²) in [6, 6.07) is 4.05. The number of rotatable bonds is 9. The fraction of sp³-hybridized carbons (Fsp3) is 0.667. The molecule has 0 heterocycles. The van der Waals surface area contributed by atoms with Gasteiger partial charge in [-0.15, -0.1) is 0 Å². The fourth-order valence-corrected chi connectivity index (χ4v) is 2.63. The van der Waals surface area contributed by atoms with Gasteiger partial charge in [-0.05, 0) is 61.3 Å². The summed E-state index contributed by atoms with van der Waals surface area (Å²) in [5.74, 6) is 0.514. The predicted molar refractivity (Wildman–Crippen MR) is 87.6 cm³/mol. The van der Waals surface area contributed by atoms with E-state index < -0.39 is 0 Å². The van der Waals surface area contributed by atoms with Gasteiger partial charge in [0.25, 0.3) is 0 Å². The van der Waals surface area contributed by atoms with Crippen LogP contribution in [-0.2, 0) is 19.3 Å². The Kier molecular flexibility index (Phi) is 10.2. The van der Waals surface area contributed by atoms with Crippen molar-refractivity contribution in [3.63, 3.8) is 0 Å². The molecule has 0 bridgehead atoms. The molecule has 0 amide bonds. The average molecular weight is 280 g/mol. The molecule has 0 unspecified atom stereocenters. The summed E-state index contributed by atoms with van der Waals surface area (Å²) >= 11 is 0. The summed E-state index contributed by atoms with van der Waals surface area (Å²) in [7, 11) is 0. The maximum absolute atomic E-state index is 10.2. The van der Waals surface area contributed by atoms with Crippen LogP contribution in [0.15, 0.2) is 12.1 Å². The van der Waals surface area contributed by atoms with Crippen LogP contribution < -0.4 is 0 Å². The molecule has 2 nitrogen and oxygen atoms in total. The Bertz CT molecular complexity index is 372. The van der Waals surface area contributed by atoms with E-state index >= 15 is 0 Å². The van der Waals surface area contributed by atoms with E-state index in [0.717, 1.165) is 19.3 Å². The molecule has 3 N–H and O–H groups in total. The lowest BCUT2D eigenvalue weighted by atomic mass is 9.90. The highest BCUT2D eigenvalue weighted by Crippen LogP contribution is 2.29. The topological polar surface area (TPSA) is 51.7 Å². The maximum atomic E-state index is 10.2. The quantitative estimate of drug-likeness (QED) is 0.706. The molecule has 0 saturated carbocycles. The van der Waals surface area contributed by atoms with Gasteiger partial charge in [0.2, 0.25) is 0 Å². The Morgan fingerprint density at radius 2 is 1.25 bits per heavy atom. The van der Waals surface area contributed by atoms with Crippen LogP contribution in [0.5, 0.6) is 5.75 Å². The first-order chi connectivity index (χ1) is 9.24. The molecular weight excluding hydrogens is 248 g/mol. The monoisotopic (exact) mass is 280 g/mol. The van der Waals surface area contributed by atoms with E-state index in [-0.39, 0.29) is 5.48 Å². The molecule has 20 heavy (non-hydrogen) atoms. The second-order valence-electron chi connectivity index (χ2n) is 5.51. The van der Waals surface area contributed by atoms with E-state index in [0.29, 0.717) is 5.75 Å². The molecule has 0 spiro atoms. The molecule has 0 aliphatic carbocycles. The number of phenolic OH excluding ortho intramolecular Hbond substituents is 1. The van der Waals surface area contributed by atoms with Crippen molar-refractivity contribution in [1.82, 2.24) is 0 Å². The summed E-state index contributed by atoms with van der Waals surface area (Å²) < 4.78 is 0. The zero-order valence-electron chi connectivity index (χ0n) is 13.5. The SMILES string of the molecule is CCCCc1ccc(O)c(CCCC)c1CCCC.O. The summed E-state index contributed by atoms with van der Waals surface area (Å²) in [4.78, 5) is 0. The third-order valence-electron chi connectivity index (χ3n) is 3.86. The maximum Gasteiger partial charge on any atom is 0.119 e. The number of hydrogen-bond acceptors (Lipinski definition) is 1. The van der Waals surface area contributed by atoms with E-state index in [2.05, 4.69) is 26.8 Å². The second kappa shape index (κ2) is 10.7. The van der Waals surface area contributed by atoms with Crippen molar-refractivity contribution in [2.24, 2.45) is 0 Å². The normalized spacial score (nSPS) is 10.3. The van der Waals surface area contributed by atoms with Gasteiger partial charge in [-0.1, -0.05) is 46.1 Å². The number of aromatic hydroxyl groups is 1. The summed E-state index contributed by atoms with van der Waals surface area (Å²) in [5.41, 5.74) is 4.15. The molecule has 1 aromatic rings. The van der Waals surface area contributed by atoms with Crippen LogP contribution in [0.2, 0.25) is 0 Å². The molecule has 116 valence electrons. The van der Waals surface area contributed by atoms with Gasteiger partial charge in [0.15, 0.2) is 0 Å². The Morgan fingerprint density at radius 1 is 0.750 bits per heavy atom. The van der Waals surface area contributed by atoms with Crippen molar-refractivity contribution in [2.75, 3.05) is 0 Å². The molecule has 0 fully saturated rings. The van der Waals surface area contributed by atoms with Gasteiger partial charge in [-0.25, -0.2) is 0 Å². The molecule has 0 aromatic heterocycles. The van der Waals surface area contributed by atoms with Gasteiger partial charge in [0.05, 0.1) is 0 Å². The number of aryl methyl sites for hydroxylation is 1. The van der Waals surface area contributed by atoms with Crippen LogP contribution in [-0.4, -0.2) is 10.6 Å². The Morgan fingerprint density at radius 3 is 1.80 bits per heavy atom. The van der Waals surface area contributed by atoms with Crippen molar-refractivity contribution in [2.45, 2.75) is 78.6 Å². The first kappa shape index (κ1) is 19.0. The van der Waals surface area contributed by atoms with Gasteiger partial charge >= 0.3 is 0 Å². The van der Waals surface area contributed by atoms with Crippen LogP contribution in [0.25, 0.3) is 0 Å². The lowest BCUT2D eigenvalue weighted by Crippen LogP contribution is -2.02. The van der Waals surface area contributed by atoms with Crippen LogP contribution in [0.1, 0.15) is 76.0 Å². The molecule has 0 saturated heterocycles. The fourth-order valence-electron chi connectivity index (χ4n) is 2.63. The van der Waals surface area contributed by atoms with E-state index in [4.69, 9.17) is 0 Å². The lowest BCUT2D eigenvalue weighted by molar-refractivity contribution is 0.465. The first-order valence-electron chi connectivity index (χ1n) is 8.07. The van der Waals surface area contributed by atoms with Gasteiger partial charge < -0.3 is 10.6 Å². The van der Waals surface area contributed by atoms with Crippen LogP contribution in [0.4, 0.5) is 0 Å². The summed E-state index contributed by atoms with van der Waals surface area (Å²) in [5, 5.41) is 10.2. The molecule has 0 aliphatic rings. The Hall–Kier alpha value is -1.02. The highest BCUT2D eigenvalue weighted by molar-refractivity contribution is 5.45. The van der Waals surface area contributed by atoms with E-state index in [9.17, 15) is 5.11 Å². The zero-order valence-corrected chi connectivity index (χ0v) is 13.5. The van der Waals surface area contributed by atoms with Crippen LogP contribution in [0, 0.1) is 0 Å². The van der Waals surface area contributed by atoms with Gasteiger partial charge in [-0.2, -0.15) is 0 Å². The summed E-state index contributed by atoms with van der Waals surface area (Å²) in [6.07, 6.45) is 10.6. The van der Waals surface area contributed by atoms with E-state index in [1.54, 1.807) is 0 Å². The van der Waals surface area contributed by atoms with E-state index in [1.165, 1.54) is 55.2 Å². The second-order valence-corrected chi connectivity index (χ2v) is 5.51. The minimum Gasteiger partial charge on any atom is -0.508 e. The molecule has 0 aliphatic heterocycles. The highest BCUT2D eigenvalue weighted by Gasteiger charge is 2.12. The van der Waals surface area contributed by atoms with Crippen molar-refractivity contribution in [1.29, 1.82) is 0 Å². The summed E-state index contributed by atoms with van der Waals surface area (Å²) in [6.45, 7) is 6.69. The first-order valence-corrected chi connectivity index (χ1v) is 8.07. The molecular formula is C18H32O2. The van der Waals surface area contributed by atoms with Gasteiger partial charge in [-0.3, -0.25) is 0 Å². The van der Waals surface area contributed by atoms with Crippen molar-refractivity contribution in [3.8, 4) is 5.75 Å². The zero-order chi connectivity index (χ0) is 14.1. The molecule has 0 radical (unpaired) electrons. The molecule has 2 heteroatoms. The van der Waals surface area contributed by atoms with E-state index in [1.807, 2.05) is 6.07 Å². The van der Waals surface area contributed by atoms with Crippen molar-refractivity contribution < 1.29 is 10.6 Å².